The summed E-state index contributed by atoms with van der Waals surface area (Å²) in [4.78, 5) is 24.6. The average Bonchev–Trinajstić information content (AvgIpc) is 2.94. The fraction of sp³-hybridized carbons (Fsp3) is 0.200. The van der Waals surface area contributed by atoms with Gasteiger partial charge < -0.3 is 10.2 Å². The summed E-state index contributed by atoms with van der Waals surface area (Å²) >= 11 is 5.91. The smallest absolute Gasteiger partial charge is 0.306 e. The Morgan fingerprint density at radius 1 is 1.12 bits per heavy atom. The predicted octanol–water partition coefficient (Wildman–Crippen LogP) is 3.88. The van der Waals surface area contributed by atoms with Crippen molar-refractivity contribution >= 4 is 34.4 Å². The Morgan fingerprint density at radius 2 is 1.85 bits per heavy atom. The van der Waals surface area contributed by atoms with Gasteiger partial charge in [-0.1, -0.05) is 11.6 Å². The molecule has 26 heavy (non-hydrogen) atoms. The van der Waals surface area contributed by atoms with Gasteiger partial charge in [0.15, 0.2) is 0 Å². The van der Waals surface area contributed by atoms with E-state index in [1.807, 2.05) is 0 Å². The van der Waals surface area contributed by atoms with Gasteiger partial charge in [-0.15, -0.1) is 0 Å². The van der Waals surface area contributed by atoms with Crippen molar-refractivity contribution in [3.05, 3.63) is 64.3 Å². The van der Waals surface area contributed by atoms with E-state index in [0.717, 1.165) is 16.6 Å². The lowest BCUT2D eigenvalue weighted by Crippen LogP contribution is -2.24. The molecule has 132 valence electrons. The minimum atomic E-state index is -0.833. The molecule has 1 aromatic heterocycles. The van der Waals surface area contributed by atoms with E-state index in [2.05, 4.69) is 0 Å². The molecule has 5 nitrogen and oxygen atoms in total. The molecule has 1 unspecified atom stereocenters. The maximum atomic E-state index is 13.1. The number of fused-ring (bicyclic) bond motifs is 3. The monoisotopic (exact) mass is 369 g/mol. The van der Waals surface area contributed by atoms with Crippen LogP contribution in [0, 0.1) is 5.92 Å². The first-order valence-corrected chi connectivity index (χ1v) is 8.71. The van der Waals surface area contributed by atoms with E-state index in [1.165, 1.54) is 6.07 Å². The maximum absolute atomic E-state index is 13.1. The van der Waals surface area contributed by atoms with Crippen LogP contribution in [0.3, 0.4) is 0 Å². The largest absolute Gasteiger partial charge is 0.508 e. The molecular formula is C20H16ClNO4. The molecule has 1 atom stereocenters. The number of carbonyl (C=O) groups excluding carboxylic acids is 1. The number of hydrogen-bond acceptors (Lipinski definition) is 3. The summed E-state index contributed by atoms with van der Waals surface area (Å²) in [5, 5.41) is 20.5. The molecule has 0 saturated heterocycles. The first-order valence-electron chi connectivity index (χ1n) is 8.34. The molecule has 2 N–H and O–H groups in total. The summed E-state index contributed by atoms with van der Waals surface area (Å²) in [5.41, 5.74) is 2.83. The summed E-state index contributed by atoms with van der Waals surface area (Å²) in [5.74, 6) is -1.41. The van der Waals surface area contributed by atoms with Crippen molar-refractivity contribution in [1.82, 2.24) is 4.57 Å². The van der Waals surface area contributed by atoms with Gasteiger partial charge in [0.05, 0.1) is 11.4 Å². The first-order chi connectivity index (χ1) is 12.5. The lowest BCUT2D eigenvalue weighted by atomic mass is 9.86. The third-order valence-electron chi connectivity index (χ3n) is 4.99. The molecule has 0 fully saturated rings. The summed E-state index contributed by atoms with van der Waals surface area (Å²) in [6.07, 6.45) is 1.34. The Hall–Kier alpha value is -2.79. The standard InChI is InChI=1S/C20H16ClNO4/c21-13-4-1-11(2-5-13)19(24)22-17-7-3-12(20(25)26)9-15(17)16-10-14(23)6-8-18(16)22/h1-2,4-6,8,10,12,23H,3,7,9H2,(H,25,26). The van der Waals surface area contributed by atoms with E-state index in [-0.39, 0.29) is 11.7 Å². The molecule has 0 aliphatic heterocycles. The number of aromatic hydroxyl groups is 1. The third kappa shape index (κ3) is 2.65. The summed E-state index contributed by atoms with van der Waals surface area (Å²) in [6, 6.07) is 11.5. The van der Waals surface area contributed by atoms with Gasteiger partial charge in [-0.3, -0.25) is 14.2 Å². The number of phenolic OH excluding ortho intramolecular Hbond substituents is 1. The van der Waals surface area contributed by atoms with E-state index < -0.39 is 11.9 Å². The van der Waals surface area contributed by atoms with Gasteiger partial charge in [-0.05, 0) is 67.3 Å². The van der Waals surface area contributed by atoms with Gasteiger partial charge in [0.2, 0.25) is 0 Å². The molecule has 3 aromatic rings. The van der Waals surface area contributed by atoms with Crippen LogP contribution < -0.4 is 0 Å². The SMILES string of the molecule is O=C(O)C1CCc2c(c3cc(O)ccc3n2C(=O)c2ccc(Cl)cc2)C1. The zero-order valence-corrected chi connectivity index (χ0v) is 14.5. The van der Waals surface area contributed by atoms with Crippen LogP contribution in [0.1, 0.15) is 28.0 Å². The Labute approximate surface area is 154 Å². The second-order valence-electron chi connectivity index (χ2n) is 6.55. The van der Waals surface area contributed by atoms with Crippen LogP contribution in [0.5, 0.6) is 5.75 Å². The van der Waals surface area contributed by atoms with Gasteiger partial charge in [-0.25, -0.2) is 0 Å². The number of nitrogens with zero attached hydrogens (tertiary/aromatic N) is 1. The fourth-order valence-corrected chi connectivity index (χ4v) is 3.84. The van der Waals surface area contributed by atoms with Crippen LogP contribution in [-0.2, 0) is 17.6 Å². The minimum Gasteiger partial charge on any atom is -0.508 e. The van der Waals surface area contributed by atoms with Crippen LogP contribution >= 0.6 is 11.6 Å². The number of carbonyl (C=O) groups is 2. The summed E-state index contributed by atoms with van der Waals surface area (Å²) in [6.45, 7) is 0. The molecule has 0 radical (unpaired) electrons. The average molecular weight is 370 g/mol. The Balaban J connectivity index is 1.91. The highest BCUT2D eigenvalue weighted by molar-refractivity contribution is 6.30. The number of halogens is 1. The van der Waals surface area contributed by atoms with Gasteiger partial charge in [-0.2, -0.15) is 0 Å². The third-order valence-corrected chi connectivity index (χ3v) is 5.24. The van der Waals surface area contributed by atoms with Crippen LogP contribution in [0.2, 0.25) is 5.02 Å². The van der Waals surface area contributed by atoms with Crippen LogP contribution in [0.4, 0.5) is 0 Å². The van der Waals surface area contributed by atoms with E-state index in [9.17, 15) is 19.8 Å². The normalized spacial score (nSPS) is 16.4. The highest BCUT2D eigenvalue weighted by atomic mass is 35.5. The summed E-state index contributed by atoms with van der Waals surface area (Å²) < 4.78 is 1.64. The van der Waals surface area contributed by atoms with E-state index in [4.69, 9.17) is 11.6 Å². The molecule has 0 spiro atoms. The Bertz CT molecular complexity index is 1040. The van der Waals surface area contributed by atoms with Gasteiger partial charge in [0.1, 0.15) is 5.75 Å². The number of carboxylic acids is 1. The second kappa shape index (κ2) is 6.18. The molecule has 6 heteroatoms. The van der Waals surface area contributed by atoms with Gasteiger partial charge >= 0.3 is 5.97 Å². The van der Waals surface area contributed by atoms with Crippen molar-refractivity contribution < 1.29 is 19.8 Å². The van der Waals surface area contributed by atoms with Crippen LogP contribution in [-0.4, -0.2) is 26.7 Å². The zero-order chi connectivity index (χ0) is 18.4. The van der Waals surface area contributed by atoms with Crippen molar-refractivity contribution in [1.29, 1.82) is 0 Å². The van der Waals surface area contributed by atoms with E-state index >= 15 is 0 Å². The maximum Gasteiger partial charge on any atom is 0.306 e. The number of aromatic nitrogens is 1. The molecule has 0 bridgehead atoms. The quantitative estimate of drug-likeness (QED) is 0.718. The predicted molar refractivity (Wildman–Crippen MR) is 97.9 cm³/mol. The van der Waals surface area contributed by atoms with Crippen molar-refractivity contribution in [3.8, 4) is 5.75 Å². The Kier molecular flexibility index (Phi) is 3.96. The van der Waals surface area contributed by atoms with Crippen molar-refractivity contribution in [2.24, 2.45) is 5.92 Å². The number of phenols is 1. The molecule has 2 aromatic carbocycles. The molecule has 1 aliphatic rings. The molecule has 1 heterocycles. The van der Waals surface area contributed by atoms with E-state index in [0.29, 0.717) is 35.4 Å². The minimum absolute atomic E-state index is 0.0915. The molecule has 0 amide bonds. The molecule has 0 saturated carbocycles. The first kappa shape index (κ1) is 16.7. The number of aliphatic carboxylic acids is 1. The second-order valence-corrected chi connectivity index (χ2v) is 6.99. The lowest BCUT2D eigenvalue weighted by Gasteiger charge is -2.20. The highest BCUT2D eigenvalue weighted by Crippen LogP contribution is 2.36. The Morgan fingerprint density at radius 3 is 2.54 bits per heavy atom. The highest BCUT2D eigenvalue weighted by Gasteiger charge is 2.31. The van der Waals surface area contributed by atoms with Crippen LogP contribution in [0.15, 0.2) is 42.5 Å². The van der Waals surface area contributed by atoms with Crippen molar-refractivity contribution in [3.63, 3.8) is 0 Å². The van der Waals surface area contributed by atoms with Crippen molar-refractivity contribution in [2.75, 3.05) is 0 Å². The molecular weight excluding hydrogens is 354 g/mol. The summed E-state index contributed by atoms with van der Waals surface area (Å²) in [7, 11) is 0. The van der Waals surface area contributed by atoms with Crippen LogP contribution in [0.25, 0.3) is 10.9 Å². The zero-order valence-electron chi connectivity index (χ0n) is 13.8. The molecule has 4 rings (SSSR count). The van der Waals surface area contributed by atoms with E-state index in [1.54, 1.807) is 41.0 Å². The van der Waals surface area contributed by atoms with Gasteiger partial charge in [0.25, 0.3) is 5.91 Å². The topological polar surface area (TPSA) is 79.5 Å². The lowest BCUT2D eigenvalue weighted by molar-refractivity contribution is -0.142. The number of rotatable bonds is 2. The number of carboxylic acid groups (broad SMARTS) is 1. The fourth-order valence-electron chi connectivity index (χ4n) is 3.71. The molecule has 1 aliphatic carbocycles. The number of benzene rings is 2. The van der Waals surface area contributed by atoms with Crippen molar-refractivity contribution in [2.45, 2.75) is 19.3 Å². The van der Waals surface area contributed by atoms with Gasteiger partial charge in [0, 0.05) is 21.7 Å². The number of hydrogen-bond donors (Lipinski definition) is 2.